The van der Waals surface area contributed by atoms with E-state index in [0.29, 0.717) is 19.3 Å². The largest absolute Gasteiger partial charge is 0.481 e. The van der Waals surface area contributed by atoms with Crippen LogP contribution in [0, 0.1) is 50.2 Å². The van der Waals surface area contributed by atoms with Crippen molar-refractivity contribution in [1.82, 2.24) is 0 Å². The van der Waals surface area contributed by atoms with Crippen molar-refractivity contribution in [1.29, 1.82) is 0 Å². The van der Waals surface area contributed by atoms with Crippen LogP contribution >= 0.6 is 0 Å². The van der Waals surface area contributed by atoms with Crippen LogP contribution in [-0.2, 0) is 19.1 Å². The molecule has 11 heteroatoms. The second-order valence-corrected chi connectivity index (χ2v) is 17.9. The third-order valence-electron chi connectivity index (χ3n) is 15.2. The number of carboxylic acid groups (broad SMARTS) is 2. The second-order valence-electron chi connectivity index (χ2n) is 17.9. The van der Waals surface area contributed by atoms with Crippen molar-refractivity contribution in [3.05, 3.63) is 11.6 Å². The van der Waals surface area contributed by atoms with Crippen molar-refractivity contribution in [2.24, 2.45) is 50.2 Å². The van der Waals surface area contributed by atoms with E-state index in [1.807, 2.05) is 6.92 Å². The predicted molar refractivity (Wildman–Crippen MR) is 169 cm³/mol. The number of carboxylic acids is 2. The fourth-order valence-corrected chi connectivity index (χ4v) is 12.3. The molecule has 0 amide bonds. The molecular formula is C36H56O11. The predicted octanol–water partition coefficient (Wildman–Crippen LogP) is 3.09. The molecular weight excluding hydrogens is 608 g/mol. The number of allylic oxidation sites excluding steroid dienone is 2. The molecule has 47 heavy (non-hydrogen) atoms. The smallest absolute Gasteiger partial charge is 0.335 e. The summed E-state index contributed by atoms with van der Waals surface area (Å²) in [6.07, 6.45) is -2.24. The third-order valence-corrected chi connectivity index (χ3v) is 15.2. The maximum Gasteiger partial charge on any atom is 0.335 e. The summed E-state index contributed by atoms with van der Waals surface area (Å²) < 4.78 is 11.6. The maximum absolute atomic E-state index is 13.0. The fourth-order valence-electron chi connectivity index (χ4n) is 12.3. The minimum atomic E-state index is -1.87. The number of rotatable bonds is 5. The van der Waals surface area contributed by atoms with Gasteiger partial charge in [-0.3, -0.25) is 4.79 Å². The molecule has 5 aliphatic carbocycles. The van der Waals surface area contributed by atoms with Gasteiger partial charge in [0, 0.05) is 5.41 Å². The molecule has 0 radical (unpaired) electrons. The molecule has 4 saturated carbocycles. The highest BCUT2D eigenvalue weighted by atomic mass is 16.7. The van der Waals surface area contributed by atoms with E-state index in [1.165, 1.54) is 5.57 Å². The van der Waals surface area contributed by atoms with Gasteiger partial charge in [-0.25, -0.2) is 4.79 Å². The van der Waals surface area contributed by atoms with Crippen molar-refractivity contribution in [2.75, 3.05) is 6.61 Å². The minimum absolute atomic E-state index is 0.0198. The summed E-state index contributed by atoms with van der Waals surface area (Å²) in [6.45, 7) is 12.9. The first-order valence-corrected chi connectivity index (χ1v) is 17.5. The third kappa shape index (κ3) is 4.77. The number of fused-ring (bicyclic) bond motifs is 7. The van der Waals surface area contributed by atoms with Gasteiger partial charge < -0.3 is 45.2 Å². The van der Waals surface area contributed by atoms with E-state index in [4.69, 9.17) is 9.47 Å². The van der Waals surface area contributed by atoms with Crippen molar-refractivity contribution >= 4 is 11.9 Å². The first-order valence-electron chi connectivity index (χ1n) is 17.5. The number of aliphatic carboxylic acids is 2. The Labute approximate surface area is 277 Å². The van der Waals surface area contributed by atoms with Crippen LogP contribution in [0.4, 0.5) is 0 Å². The molecule has 0 spiro atoms. The molecule has 0 bridgehead atoms. The summed E-state index contributed by atoms with van der Waals surface area (Å²) in [5, 5.41) is 74.3. The van der Waals surface area contributed by atoms with Gasteiger partial charge in [0.2, 0.25) is 0 Å². The van der Waals surface area contributed by atoms with Crippen molar-refractivity contribution in [2.45, 2.75) is 142 Å². The molecule has 5 fully saturated rings. The lowest BCUT2D eigenvalue weighted by molar-refractivity contribution is -0.340. The number of hydrogen-bond donors (Lipinski definition) is 7. The molecule has 1 heterocycles. The van der Waals surface area contributed by atoms with Crippen LogP contribution in [0.25, 0.3) is 0 Å². The van der Waals surface area contributed by atoms with E-state index >= 15 is 0 Å². The highest BCUT2D eigenvalue weighted by Gasteiger charge is 2.71. The molecule has 0 aromatic carbocycles. The van der Waals surface area contributed by atoms with E-state index in [9.17, 15) is 45.3 Å². The fraction of sp³-hybridized carbons (Fsp3) is 0.889. The van der Waals surface area contributed by atoms with Crippen LogP contribution < -0.4 is 0 Å². The van der Waals surface area contributed by atoms with Crippen LogP contribution in [0.1, 0.15) is 99.3 Å². The van der Waals surface area contributed by atoms with Crippen molar-refractivity contribution < 1.29 is 54.8 Å². The molecule has 6 aliphatic rings. The molecule has 11 nitrogen and oxygen atoms in total. The van der Waals surface area contributed by atoms with E-state index < -0.39 is 71.1 Å². The minimum Gasteiger partial charge on any atom is -0.481 e. The number of hydrogen-bond acceptors (Lipinski definition) is 9. The normalized spacial score (nSPS) is 53.8. The average Bonchev–Trinajstić information content (AvgIpc) is 2.98. The molecule has 15 atom stereocenters. The van der Waals surface area contributed by atoms with E-state index in [2.05, 4.69) is 40.7 Å². The van der Waals surface area contributed by atoms with E-state index in [0.717, 1.165) is 38.5 Å². The summed E-state index contributed by atoms with van der Waals surface area (Å²) in [5.74, 6) is -2.21. The highest BCUT2D eigenvalue weighted by Crippen LogP contribution is 2.76. The first-order chi connectivity index (χ1) is 21.7. The van der Waals surface area contributed by atoms with Crippen molar-refractivity contribution in [3.63, 3.8) is 0 Å². The summed E-state index contributed by atoms with van der Waals surface area (Å²) in [5.41, 5.74) is -1.23. The van der Waals surface area contributed by atoms with Gasteiger partial charge in [0.1, 0.15) is 18.3 Å². The lowest BCUT2D eigenvalue weighted by atomic mass is 9.33. The molecule has 0 aromatic rings. The number of carbonyl (C=O) groups is 2. The molecule has 15 unspecified atom stereocenters. The number of ether oxygens (including phenoxy) is 2. The van der Waals surface area contributed by atoms with Crippen LogP contribution in [0.5, 0.6) is 0 Å². The SMILES string of the molecule is CC1(C)CCC2(C(=O)O)CCC3(C)C(=CCC4C5(C)CC(O)C(OC6OC(C(=O)O)C(O)C(O)C6O)C(C)(CO)C5CCC43C)C2C1. The summed E-state index contributed by atoms with van der Waals surface area (Å²) in [6, 6.07) is 0. The summed E-state index contributed by atoms with van der Waals surface area (Å²) in [4.78, 5) is 24.7. The lowest BCUT2D eigenvalue weighted by Gasteiger charge is -2.71. The van der Waals surface area contributed by atoms with E-state index in [1.54, 1.807) is 0 Å². The Morgan fingerprint density at radius 3 is 2.15 bits per heavy atom. The van der Waals surface area contributed by atoms with Gasteiger partial charge in [-0.1, -0.05) is 53.2 Å². The van der Waals surface area contributed by atoms with Crippen LogP contribution in [0.15, 0.2) is 11.6 Å². The van der Waals surface area contributed by atoms with Crippen molar-refractivity contribution in [3.8, 4) is 0 Å². The molecule has 0 aromatic heterocycles. The zero-order valence-corrected chi connectivity index (χ0v) is 28.7. The van der Waals surface area contributed by atoms with Gasteiger partial charge in [0.05, 0.1) is 24.2 Å². The Morgan fingerprint density at radius 2 is 1.53 bits per heavy atom. The highest BCUT2D eigenvalue weighted by molar-refractivity contribution is 5.76. The van der Waals surface area contributed by atoms with Crippen LogP contribution in [0.3, 0.4) is 0 Å². The number of aliphatic hydroxyl groups is 5. The van der Waals surface area contributed by atoms with Crippen LogP contribution in [0.2, 0.25) is 0 Å². The average molecular weight is 665 g/mol. The quantitative estimate of drug-likeness (QED) is 0.169. The Balaban J connectivity index is 1.34. The van der Waals surface area contributed by atoms with Gasteiger partial charge in [0.15, 0.2) is 12.4 Å². The molecule has 6 rings (SSSR count). The standard InChI is InChI=1S/C36H56O11/c1-31(2)11-13-36(30(44)45)14-12-34(5)18(19(36)15-31)7-8-22-32(3)16-20(38)27(33(4,17-37)21(32)9-10-35(22,34)6)47-29-25(41)23(39)24(40)26(46-29)28(42)43/h7,19-27,29,37-41H,8-17H2,1-6H3,(H,42,43)(H,44,45). The summed E-state index contributed by atoms with van der Waals surface area (Å²) in [7, 11) is 0. The first kappa shape index (κ1) is 35.2. The Bertz CT molecular complexity index is 1320. The zero-order chi connectivity index (χ0) is 34.7. The maximum atomic E-state index is 13.0. The van der Waals surface area contributed by atoms with Gasteiger partial charge in [-0.2, -0.15) is 0 Å². The topological polar surface area (TPSA) is 194 Å². The van der Waals surface area contributed by atoms with Gasteiger partial charge in [-0.05, 0) is 97.2 Å². The Morgan fingerprint density at radius 1 is 0.872 bits per heavy atom. The Kier molecular flexibility index (Phi) is 8.40. The van der Waals surface area contributed by atoms with Crippen LogP contribution in [-0.4, -0.2) is 97.2 Å². The van der Waals surface area contributed by atoms with E-state index in [-0.39, 0.29) is 40.6 Å². The zero-order valence-electron chi connectivity index (χ0n) is 28.7. The second kappa shape index (κ2) is 11.2. The molecule has 7 N–H and O–H groups in total. The Hall–Kier alpha value is -1.60. The summed E-state index contributed by atoms with van der Waals surface area (Å²) >= 11 is 0. The monoisotopic (exact) mass is 664 g/mol. The van der Waals surface area contributed by atoms with Gasteiger partial charge in [0.25, 0.3) is 0 Å². The molecule has 266 valence electrons. The van der Waals surface area contributed by atoms with Gasteiger partial charge in [-0.15, -0.1) is 0 Å². The molecule has 1 aliphatic heterocycles. The van der Waals surface area contributed by atoms with Gasteiger partial charge >= 0.3 is 11.9 Å². The molecule has 1 saturated heterocycles. The number of aliphatic hydroxyl groups excluding tert-OH is 5. The lowest BCUT2D eigenvalue weighted by Crippen LogP contribution is -2.69.